The number of aliphatic carboxylic acids is 1. The highest BCUT2D eigenvalue weighted by Crippen LogP contribution is 2.24. The maximum absolute atomic E-state index is 11.9. The number of amides is 1. The predicted octanol–water partition coefficient (Wildman–Crippen LogP) is 2.68. The second kappa shape index (κ2) is 8.08. The van der Waals surface area contributed by atoms with Gasteiger partial charge in [0.25, 0.3) is 0 Å². The summed E-state index contributed by atoms with van der Waals surface area (Å²) in [5.41, 5.74) is 1.22. The molecule has 0 bridgehead atoms. The summed E-state index contributed by atoms with van der Waals surface area (Å²) in [5.74, 6) is 0.395. The zero-order chi connectivity index (χ0) is 15.1. The molecule has 5 heteroatoms. The number of carbonyl (C=O) groups is 2. The molecule has 0 unspecified atom stereocenters. The maximum atomic E-state index is 11.9. The number of carboxylic acid groups (broad SMARTS) is 1. The van der Waals surface area contributed by atoms with E-state index in [9.17, 15) is 9.59 Å². The average Bonchev–Trinajstić information content (AvgIpc) is 2.49. The lowest BCUT2D eigenvalue weighted by atomic mass is 9.86. The number of carbonyl (C=O) groups excluding carboxylic acids is 1. The van der Waals surface area contributed by atoms with Crippen molar-refractivity contribution in [3.63, 3.8) is 0 Å². The quantitative estimate of drug-likeness (QED) is 0.848. The Labute approximate surface area is 129 Å². The van der Waals surface area contributed by atoms with Crippen LogP contribution in [0.3, 0.4) is 0 Å². The van der Waals surface area contributed by atoms with Crippen molar-refractivity contribution in [2.24, 2.45) is 5.92 Å². The van der Waals surface area contributed by atoms with Crippen LogP contribution in [0.4, 0.5) is 0 Å². The minimum atomic E-state index is -0.710. The summed E-state index contributed by atoms with van der Waals surface area (Å²) in [6.07, 6.45) is 2.87. The van der Waals surface area contributed by atoms with Gasteiger partial charge in [0, 0.05) is 11.8 Å². The fraction of sp³-hybridized carbons (Fsp3) is 0.500. The molecule has 0 aliphatic heterocycles. The van der Waals surface area contributed by atoms with E-state index in [1.54, 1.807) is 11.8 Å². The molecule has 0 saturated heterocycles. The number of hydrogen-bond acceptors (Lipinski definition) is 3. The van der Waals surface area contributed by atoms with Gasteiger partial charge in [-0.05, 0) is 31.2 Å². The normalized spacial score (nSPS) is 21.7. The molecule has 21 heavy (non-hydrogen) atoms. The molecule has 2 N–H and O–H groups in total. The summed E-state index contributed by atoms with van der Waals surface area (Å²) in [7, 11) is 0. The van der Waals surface area contributed by atoms with Gasteiger partial charge >= 0.3 is 5.97 Å². The molecule has 0 heterocycles. The number of carboxylic acids is 1. The minimum absolute atomic E-state index is 0.0507. The SMILES string of the molecule is O=C(CSCc1ccccc1)NC1CCC(C(=O)O)CC1. The molecule has 1 aliphatic carbocycles. The second-order valence-electron chi connectivity index (χ2n) is 5.43. The van der Waals surface area contributed by atoms with Gasteiger partial charge in [-0.15, -0.1) is 11.8 Å². The van der Waals surface area contributed by atoms with Crippen molar-refractivity contribution in [3.8, 4) is 0 Å². The Bertz CT molecular complexity index is 470. The monoisotopic (exact) mass is 307 g/mol. The lowest BCUT2D eigenvalue weighted by Gasteiger charge is -2.26. The molecule has 1 aromatic carbocycles. The van der Waals surface area contributed by atoms with Crippen molar-refractivity contribution in [2.45, 2.75) is 37.5 Å². The van der Waals surface area contributed by atoms with E-state index in [4.69, 9.17) is 5.11 Å². The van der Waals surface area contributed by atoms with Crippen LogP contribution in [-0.2, 0) is 15.3 Å². The highest BCUT2D eigenvalue weighted by Gasteiger charge is 2.26. The molecule has 1 aliphatic rings. The molecule has 1 fully saturated rings. The second-order valence-corrected chi connectivity index (χ2v) is 6.42. The van der Waals surface area contributed by atoms with Crippen molar-refractivity contribution < 1.29 is 14.7 Å². The van der Waals surface area contributed by atoms with Gasteiger partial charge in [-0.3, -0.25) is 9.59 Å². The van der Waals surface area contributed by atoms with Crippen molar-refractivity contribution in [1.82, 2.24) is 5.32 Å². The Morgan fingerprint density at radius 3 is 2.43 bits per heavy atom. The van der Waals surface area contributed by atoms with Gasteiger partial charge in [-0.1, -0.05) is 30.3 Å². The summed E-state index contributed by atoms with van der Waals surface area (Å²) in [6.45, 7) is 0. The zero-order valence-electron chi connectivity index (χ0n) is 12.0. The molecule has 0 radical (unpaired) electrons. The van der Waals surface area contributed by atoms with Crippen molar-refractivity contribution in [1.29, 1.82) is 0 Å². The van der Waals surface area contributed by atoms with Crippen LogP contribution in [0, 0.1) is 5.92 Å². The molecule has 114 valence electrons. The van der Waals surface area contributed by atoms with Crippen LogP contribution in [0.2, 0.25) is 0 Å². The largest absolute Gasteiger partial charge is 0.481 e. The Morgan fingerprint density at radius 1 is 1.14 bits per heavy atom. The highest BCUT2D eigenvalue weighted by atomic mass is 32.2. The minimum Gasteiger partial charge on any atom is -0.481 e. The molecular weight excluding hydrogens is 286 g/mol. The Morgan fingerprint density at radius 2 is 1.81 bits per heavy atom. The van der Waals surface area contributed by atoms with Gasteiger partial charge in [0.05, 0.1) is 11.7 Å². The Kier molecular flexibility index (Phi) is 6.11. The number of nitrogens with one attached hydrogen (secondary N) is 1. The van der Waals surface area contributed by atoms with Crippen molar-refractivity contribution in [2.75, 3.05) is 5.75 Å². The molecule has 1 saturated carbocycles. The van der Waals surface area contributed by atoms with Crippen LogP contribution < -0.4 is 5.32 Å². The highest BCUT2D eigenvalue weighted by molar-refractivity contribution is 7.99. The number of benzene rings is 1. The van der Waals surface area contributed by atoms with Gasteiger partial charge in [-0.2, -0.15) is 0 Å². The van der Waals surface area contributed by atoms with Crippen LogP contribution in [0.5, 0.6) is 0 Å². The molecule has 4 nitrogen and oxygen atoms in total. The smallest absolute Gasteiger partial charge is 0.306 e. The van der Waals surface area contributed by atoms with Crippen LogP contribution >= 0.6 is 11.8 Å². The van der Waals surface area contributed by atoms with Gasteiger partial charge in [0.2, 0.25) is 5.91 Å². The third-order valence-corrected chi connectivity index (χ3v) is 4.79. The van der Waals surface area contributed by atoms with E-state index in [1.807, 2.05) is 18.2 Å². The Balaban J connectivity index is 1.63. The Hall–Kier alpha value is -1.49. The van der Waals surface area contributed by atoms with Crippen LogP contribution in [0.15, 0.2) is 30.3 Å². The lowest BCUT2D eigenvalue weighted by Crippen LogP contribution is -2.39. The predicted molar refractivity (Wildman–Crippen MR) is 84.1 cm³/mol. The van der Waals surface area contributed by atoms with E-state index in [-0.39, 0.29) is 17.9 Å². The van der Waals surface area contributed by atoms with Crippen molar-refractivity contribution in [3.05, 3.63) is 35.9 Å². The van der Waals surface area contributed by atoms with Gasteiger partial charge in [0.15, 0.2) is 0 Å². The third-order valence-electron chi connectivity index (χ3n) is 3.79. The van der Waals surface area contributed by atoms with E-state index in [0.717, 1.165) is 18.6 Å². The summed E-state index contributed by atoms with van der Waals surface area (Å²) >= 11 is 1.60. The third kappa shape index (κ3) is 5.42. The topological polar surface area (TPSA) is 66.4 Å². The molecule has 1 amide bonds. The van der Waals surface area contributed by atoms with Gasteiger partial charge in [-0.25, -0.2) is 0 Å². The number of hydrogen-bond donors (Lipinski definition) is 2. The van der Waals surface area contributed by atoms with Crippen LogP contribution in [0.1, 0.15) is 31.2 Å². The molecule has 0 aromatic heterocycles. The summed E-state index contributed by atoms with van der Waals surface area (Å²) in [4.78, 5) is 22.7. The van der Waals surface area contributed by atoms with Crippen molar-refractivity contribution >= 4 is 23.6 Å². The molecule has 1 aromatic rings. The summed E-state index contributed by atoms with van der Waals surface area (Å²) in [6, 6.07) is 10.2. The van der Waals surface area contributed by atoms with Gasteiger partial charge in [0.1, 0.15) is 0 Å². The average molecular weight is 307 g/mol. The fourth-order valence-corrected chi connectivity index (χ4v) is 3.39. The summed E-state index contributed by atoms with van der Waals surface area (Å²) in [5, 5.41) is 12.0. The summed E-state index contributed by atoms with van der Waals surface area (Å²) < 4.78 is 0. The van der Waals surface area contributed by atoms with E-state index in [0.29, 0.717) is 18.6 Å². The maximum Gasteiger partial charge on any atom is 0.306 e. The standard InChI is InChI=1S/C16H21NO3S/c18-15(11-21-10-12-4-2-1-3-5-12)17-14-8-6-13(7-9-14)16(19)20/h1-5,13-14H,6-11H2,(H,17,18)(H,19,20). The number of thioether (sulfide) groups is 1. The first-order valence-corrected chi connectivity index (χ1v) is 8.44. The van der Waals surface area contributed by atoms with Crippen LogP contribution in [0.25, 0.3) is 0 Å². The lowest BCUT2D eigenvalue weighted by molar-refractivity contribution is -0.142. The molecular formula is C16H21NO3S. The first-order valence-electron chi connectivity index (χ1n) is 7.29. The first-order chi connectivity index (χ1) is 10.1. The molecule has 0 atom stereocenters. The number of rotatable bonds is 6. The fourth-order valence-electron chi connectivity index (χ4n) is 2.59. The molecule has 0 spiro atoms. The van der Waals surface area contributed by atoms with E-state index >= 15 is 0 Å². The van der Waals surface area contributed by atoms with E-state index in [1.165, 1.54) is 5.56 Å². The van der Waals surface area contributed by atoms with E-state index in [2.05, 4.69) is 17.4 Å². The first kappa shape index (κ1) is 15.9. The van der Waals surface area contributed by atoms with Gasteiger partial charge < -0.3 is 10.4 Å². The zero-order valence-corrected chi connectivity index (χ0v) is 12.8. The molecule has 2 rings (SSSR count). The van der Waals surface area contributed by atoms with Crippen LogP contribution in [-0.4, -0.2) is 28.8 Å². The van der Waals surface area contributed by atoms with E-state index < -0.39 is 5.97 Å².